The molecule has 2 aromatic rings. The molecule has 160 valence electrons. The van der Waals surface area contributed by atoms with Crippen LogP contribution in [-0.4, -0.2) is 48.0 Å². The van der Waals surface area contributed by atoms with Crippen LogP contribution >= 0.6 is 0 Å². The predicted octanol–water partition coefficient (Wildman–Crippen LogP) is 3.68. The molecule has 0 saturated carbocycles. The molecule has 0 aromatic heterocycles. The molecule has 2 heterocycles. The monoisotopic (exact) mass is 417 g/mol. The molecule has 2 aromatic carbocycles. The van der Waals surface area contributed by atoms with Crippen molar-refractivity contribution in [1.82, 2.24) is 15.1 Å². The molecule has 0 saturated heterocycles. The summed E-state index contributed by atoms with van der Waals surface area (Å²) in [4.78, 5) is 29.7. The summed E-state index contributed by atoms with van der Waals surface area (Å²) < 4.78 is 5.52. The van der Waals surface area contributed by atoms with E-state index < -0.39 is 6.04 Å². The molecule has 1 atom stereocenters. The van der Waals surface area contributed by atoms with Crippen LogP contribution < -0.4 is 10.1 Å². The number of ether oxygens (including phenoxy) is 1. The van der Waals surface area contributed by atoms with Crippen molar-refractivity contribution >= 4 is 11.9 Å². The Bertz CT molecular complexity index is 998. The van der Waals surface area contributed by atoms with E-state index in [1.54, 1.807) is 11.0 Å². The maximum absolute atomic E-state index is 13.4. The highest BCUT2D eigenvalue weighted by Crippen LogP contribution is 2.36. The number of carbonyl (C=O) groups excluding carboxylic acids is 2. The molecule has 3 amide bonds. The van der Waals surface area contributed by atoms with Gasteiger partial charge in [0.2, 0.25) is 0 Å². The zero-order valence-electron chi connectivity index (χ0n) is 17.7. The topological polar surface area (TPSA) is 61.9 Å². The van der Waals surface area contributed by atoms with E-state index in [0.717, 1.165) is 23.4 Å². The lowest BCUT2D eigenvalue weighted by Gasteiger charge is -2.33. The first kappa shape index (κ1) is 20.7. The maximum Gasteiger partial charge on any atom is 0.322 e. The first-order valence-corrected chi connectivity index (χ1v) is 10.6. The lowest BCUT2D eigenvalue weighted by atomic mass is 9.95. The Morgan fingerprint density at radius 1 is 1.13 bits per heavy atom. The number of rotatable bonds is 8. The number of hydrogen-bond donors (Lipinski definition) is 1. The van der Waals surface area contributed by atoms with Crippen LogP contribution in [0.2, 0.25) is 0 Å². The average molecular weight is 418 g/mol. The van der Waals surface area contributed by atoms with E-state index in [-0.39, 0.29) is 11.9 Å². The molecule has 0 fully saturated rings. The Labute approximate surface area is 182 Å². The molecule has 2 aliphatic heterocycles. The van der Waals surface area contributed by atoms with E-state index in [0.29, 0.717) is 31.8 Å². The minimum Gasteiger partial charge on any atom is -0.494 e. The summed E-state index contributed by atoms with van der Waals surface area (Å²) in [5.74, 6) is 0.733. The second-order valence-electron chi connectivity index (χ2n) is 7.61. The Balaban J connectivity index is 1.61. The molecule has 31 heavy (non-hydrogen) atoms. The van der Waals surface area contributed by atoms with E-state index >= 15 is 0 Å². The van der Waals surface area contributed by atoms with Gasteiger partial charge in [-0.2, -0.15) is 0 Å². The Morgan fingerprint density at radius 2 is 1.87 bits per heavy atom. The highest BCUT2D eigenvalue weighted by Gasteiger charge is 2.43. The summed E-state index contributed by atoms with van der Waals surface area (Å²) in [6, 6.07) is 17.0. The van der Waals surface area contributed by atoms with E-state index in [9.17, 15) is 9.59 Å². The normalized spacial score (nSPS) is 18.2. The minimum absolute atomic E-state index is 0.0288. The van der Waals surface area contributed by atoms with E-state index in [4.69, 9.17) is 4.74 Å². The Kier molecular flexibility index (Phi) is 6.07. The quantitative estimate of drug-likeness (QED) is 0.667. The van der Waals surface area contributed by atoms with E-state index in [1.807, 2.05) is 54.3 Å². The van der Waals surface area contributed by atoms with Crippen LogP contribution in [0.4, 0.5) is 4.79 Å². The van der Waals surface area contributed by atoms with Crippen molar-refractivity contribution in [2.24, 2.45) is 0 Å². The molecular formula is C25H27N3O3. The number of nitrogens with zero attached hydrogens (tertiary/aromatic N) is 2. The fourth-order valence-corrected chi connectivity index (χ4v) is 4.13. The fourth-order valence-electron chi connectivity index (χ4n) is 4.13. The van der Waals surface area contributed by atoms with Gasteiger partial charge in [-0.25, -0.2) is 4.79 Å². The van der Waals surface area contributed by atoms with Crippen molar-refractivity contribution in [2.75, 3.05) is 26.2 Å². The van der Waals surface area contributed by atoms with Crippen molar-refractivity contribution in [3.8, 4) is 5.75 Å². The number of urea groups is 1. The summed E-state index contributed by atoms with van der Waals surface area (Å²) in [6.45, 7) is 7.67. The molecule has 6 heteroatoms. The van der Waals surface area contributed by atoms with E-state index in [2.05, 4.69) is 24.0 Å². The average Bonchev–Trinajstić information content (AvgIpc) is 3.12. The van der Waals surface area contributed by atoms with Gasteiger partial charge in [-0.15, -0.1) is 6.58 Å². The van der Waals surface area contributed by atoms with Gasteiger partial charge in [-0.3, -0.25) is 9.69 Å². The summed E-state index contributed by atoms with van der Waals surface area (Å²) in [5, 5.41) is 3.01. The van der Waals surface area contributed by atoms with Crippen molar-refractivity contribution in [3.63, 3.8) is 0 Å². The van der Waals surface area contributed by atoms with Crippen molar-refractivity contribution in [3.05, 3.63) is 89.6 Å². The largest absolute Gasteiger partial charge is 0.494 e. The number of nitrogens with one attached hydrogen (secondary N) is 1. The second-order valence-corrected chi connectivity index (χ2v) is 7.61. The highest BCUT2D eigenvalue weighted by atomic mass is 16.5. The molecule has 6 nitrogen and oxygen atoms in total. The fraction of sp³-hybridized carbons (Fsp3) is 0.280. The predicted molar refractivity (Wildman–Crippen MR) is 120 cm³/mol. The standard InChI is InChI=1S/C25H27N3O3/c1-3-15-28-21-17-27(16-14-18-8-6-5-7-9-18)24(29)22(21)23(26-25(28)30)19-10-12-20(13-11-19)31-4-2/h3,5-13,23H,1,4,14-17H2,2H3,(H,26,30). The van der Waals surface area contributed by atoms with Gasteiger partial charge in [0, 0.05) is 13.1 Å². The molecule has 2 aliphatic rings. The molecule has 0 radical (unpaired) electrons. The van der Waals surface area contributed by atoms with Crippen LogP contribution in [-0.2, 0) is 11.2 Å². The molecular weight excluding hydrogens is 390 g/mol. The molecule has 0 bridgehead atoms. The molecule has 0 aliphatic carbocycles. The van der Waals surface area contributed by atoms with Crippen molar-refractivity contribution in [1.29, 1.82) is 0 Å². The van der Waals surface area contributed by atoms with Crippen LogP contribution in [0.5, 0.6) is 5.75 Å². The summed E-state index contributed by atoms with van der Waals surface area (Å²) in [7, 11) is 0. The van der Waals surface area contributed by atoms with Gasteiger partial charge in [0.1, 0.15) is 5.75 Å². The van der Waals surface area contributed by atoms with Crippen LogP contribution in [0.15, 0.2) is 78.5 Å². The van der Waals surface area contributed by atoms with Gasteiger partial charge in [-0.1, -0.05) is 48.5 Å². The first-order chi connectivity index (χ1) is 15.1. The third-order valence-corrected chi connectivity index (χ3v) is 5.65. The summed E-state index contributed by atoms with van der Waals surface area (Å²) in [5.41, 5.74) is 3.44. The smallest absolute Gasteiger partial charge is 0.322 e. The third-order valence-electron chi connectivity index (χ3n) is 5.65. The van der Waals surface area contributed by atoms with E-state index in [1.165, 1.54) is 5.56 Å². The van der Waals surface area contributed by atoms with Crippen LogP contribution in [0.25, 0.3) is 0 Å². The molecule has 1 N–H and O–H groups in total. The maximum atomic E-state index is 13.4. The number of carbonyl (C=O) groups is 2. The van der Waals surface area contributed by atoms with Crippen molar-refractivity contribution < 1.29 is 14.3 Å². The highest BCUT2D eigenvalue weighted by molar-refractivity contribution is 6.01. The van der Waals surface area contributed by atoms with Crippen LogP contribution in [0.1, 0.15) is 24.1 Å². The van der Waals surface area contributed by atoms with Crippen molar-refractivity contribution in [2.45, 2.75) is 19.4 Å². The zero-order chi connectivity index (χ0) is 21.8. The third kappa shape index (κ3) is 4.19. The van der Waals surface area contributed by atoms with Crippen LogP contribution in [0, 0.1) is 0 Å². The van der Waals surface area contributed by atoms with Gasteiger partial charge >= 0.3 is 6.03 Å². The first-order valence-electron chi connectivity index (χ1n) is 10.6. The van der Waals surface area contributed by atoms with Gasteiger partial charge in [-0.05, 0) is 36.6 Å². The number of amides is 3. The Morgan fingerprint density at radius 3 is 2.55 bits per heavy atom. The van der Waals surface area contributed by atoms with Gasteiger partial charge in [0.15, 0.2) is 0 Å². The van der Waals surface area contributed by atoms with Gasteiger partial charge in [0.05, 0.1) is 30.5 Å². The van der Waals surface area contributed by atoms with Gasteiger partial charge in [0.25, 0.3) is 5.91 Å². The number of benzene rings is 2. The molecule has 1 unspecified atom stereocenters. The molecule has 4 rings (SSSR count). The zero-order valence-corrected chi connectivity index (χ0v) is 17.7. The number of hydrogen-bond acceptors (Lipinski definition) is 3. The summed E-state index contributed by atoms with van der Waals surface area (Å²) >= 11 is 0. The van der Waals surface area contributed by atoms with Gasteiger partial charge < -0.3 is 15.0 Å². The Hall–Kier alpha value is -3.54. The van der Waals surface area contributed by atoms with Crippen LogP contribution in [0.3, 0.4) is 0 Å². The second kappa shape index (κ2) is 9.08. The lowest BCUT2D eigenvalue weighted by molar-refractivity contribution is -0.125. The lowest BCUT2D eigenvalue weighted by Crippen LogP contribution is -2.47. The molecule has 0 spiro atoms. The minimum atomic E-state index is -0.478. The SMILES string of the molecule is C=CCN1C(=O)NC(c2ccc(OCC)cc2)C2=C1CN(CCc1ccccc1)C2=O. The summed E-state index contributed by atoms with van der Waals surface area (Å²) in [6.07, 6.45) is 2.45.